The quantitative estimate of drug-likeness (QED) is 0.491. The smallest absolute Gasteiger partial charge is 0.407 e. The van der Waals surface area contributed by atoms with E-state index in [1.54, 1.807) is 6.08 Å². The van der Waals surface area contributed by atoms with Crippen molar-refractivity contribution in [1.29, 1.82) is 0 Å². The number of carboxylic acid groups (broad SMARTS) is 1. The van der Waals surface area contributed by atoms with Gasteiger partial charge in [-0.05, 0) is 35.1 Å². The predicted molar refractivity (Wildman–Crippen MR) is 125 cm³/mol. The molecule has 1 aliphatic carbocycles. The second kappa shape index (κ2) is 10.1. The number of carbonyl (C=O) groups is 3. The van der Waals surface area contributed by atoms with Gasteiger partial charge in [0.25, 0.3) is 0 Å². The Bertz CT molecular complexity index is 1050. The number of hydrogen-bond acceptors (Lipinski definition) is 5. The topological polar surface area (TPSA) is 114 Å². The summed E-state index contributed by atoms with van der Waals surface area (Å²) in [4.78, 5) is 37.3. The summed E-state index contributed by atoms with van der Waals surface area (Å²) in [5.41, 5.74) is 2.91. The predicted octanol–water partition coefficient (Wildman–Crippen LogP) is 3.22. The Morgan fingerprint density at radius 2 is 1.79 bits per heavy atom. The van der Waals surface area contributed by atoms with E-state index >= 15 is 0 Å². The fourth-order valence-corrected chi connectivity index (χ4v) is 4.54. The minimum atomic E-state index is -1.49. The van der Waals surface area contributed by atoms with Gasteiger partial charge in [-0.3, -0.25) is 4.79 Å². The Morgan fingerprint density at radius 1 is 1.15 bits per heavy atom. The van der Waals surface area contributed by atoms with E-state index in [0.29, 0.717) is 6.42 Å². The van der Waals surface area contributed by atoms with Crippen LogP contribution in [-0.4, -0.2) is 54.5 Å². The Hall–Kier alpha value is -3.65. The highest BCUT2D eigenvalue weighted by atomic mass is 16.5. The van der Waals surface area contributed by atoms with Crippen LogP contribution in [0.4, 0.5) is 4.79 Å². The van der Waals surface area contributed by atoms with Crippen molar-refractivity contribution in [3.8, 4) is 11.1 Å². The summed E-state index contributed by atoms with van der Waals surface area (Å²) >= 11 is 0. The molecule has 8 heteroatoms. The molecule has 2 aromatic rings. The van der Waals surface area contributed by atoms with Crippen molar-refractivity contribution in [3.63, 3.8) is 0 Å². The van der Waals surface area contributed by atoms with Gasteiger partial charge in [-0.2, -0.15) is 0 Å². The molecule has 0 bridgehead atoms. The molecule has 1 fully saturated rings. The van der Waals surface area contributed by atoms with Crippen molar-refractivity contribution in [1.82, 2.24) is 10.6 Å². The number of nitrogens with one attached hydrogen (secondary N) is 2. The van der Waals surface area contributed by atoms with E-state index in [0.717, 1.165) is 22.3 Å². The lowest BCUT2D eigenvalue weighted by Gasteiger charge is -2.27. The first-order chi connectivity index (χ1) is 16.4. The number of allylic oxidation sites excluding steroid dienone is 1. The van der Waals surface area contributed by atoms with E-state index < -0.39 is 29.6 Å². The third kappa shape index (κ3) is 4.68. The largest absolute Gasteiger partial charge is 0.479 e. The van der Waals surface area contributed by atoms with Crippen LogP contribution < -0.4 is 10.6 Å². The van der Waals surface area contributed by atoms with Gasteiger partial charge in [0.05, 0.1) is 6.61 Å². The molecule has 34 heavy (non-hydrogen) atoms. The maximum atomic E-state index is 12.9. The van der Waals surface area contributed by atoms with Crippen molar-refractivity contribution in [2.45, 2.75) is 36.8 Å². The van der Waals surface area contributed by atoms with Gasteiger partial charge in [-0.25, -0.2) is 9.59 Å². The van der Waals surface area contributed by atoms with Crippen molar-refractivity contribution < 1.29 is 29.0 Å². The van der Waals surface area contributed by atoms with E-state index in [1.165, 1.54) is 0 Å². The third-order valence-electron chi connectivity index (χ3n) is 6.41. The number of aliphatic carboxylic acids is 1. The van der Waals surface area contributed by atoms with Crippen molar-refractivity contribution in [3.05, 3.63) is 72.3 Å². The number of amides is 2. The maximum Gasteiger partial charge on any atom is 0.407 e. The van der Waals surface area contributed by atoms with Gasteiger partial charge in [0.1, 0.15) is 12.6 Å². The zero-order valence-electron chi connectivity index (χ0n) is 18.8. The molecule has 3 N–H and O–H groups in total. The van der Waals surface area contributed by atoms with Crippen molar-refractivity contribution >= 4 is 18.0 Å². The summed E-state index contributed by atoms with van der Waals surface area (Å²) in [5, 5.41) is 14.8. The second-order valence-electron chi connectivity index (χ2n) is 8.57. The molecular weight excluding hydrogens is 436 g/mol. The third-order valence-corrected chi connectivity index (χ3v) is 6.41. The van der Waals surface area contributed by atoms with Crippen LogP contribution in [0.25, 0.3) is 11.1 Å². The van der Waals surface area contributed by atoms with Gasteiger partial charge in [0, 0.05) is 18.9 Å². The summed E-state index contributed by atoms with van der Waals surface area (Å²) in [6, 6.07) is 15.1. The molecule has 0 saturated carbocycles. The number of carboxylic acids is 1. The summed E-state index contributed by atoms with van der Waals surface area (Å²) in [6.45, 7) is 3.89. The van der Waals surface area contributed by atoms with Gasteiger partial charge in [0.15, 0.2) is 5.54 Å². The standard InChI is InChI=1S/C26H28N2O6/c1-2-3-12-22(23(29)28-26(24(30)31)13-14-33-16-26)27-25(32)34-15-21-19-10-6-4-8-17(19)18-9-5-7-11-20(18)21/h2,4-11,21-22H,1,3,12-16H2,(H,27,32)(H,28,29)(H,30,31). The molecule has 0 aromatic heterocycles. The molecule has 4 rings (SSSR count). The van der Waals surface area contributed by atoms with Gasteiger partial charge in [-0.1, -0.05) is 54.6 Å². The number of rotatable bonds is 9. The first kappa shape index (κ1) is 23.5. The molecule has 0 spiro atoms. The number of carbonyl (C=O) groups excluding carboxylic acids is 2. The Labute approximate surface area is 198 Å². The number of hydrogen-bond donors (Lipinski definition) is 3. The molecule has 1 saturated heterocycles. The van der Waals surface area contributed by atoms with Crippen LogP contribution in [0, 0.1) is 0 Å². The Kier molecular flexibility index (Phi) is 6.98. The fourth-order valence-electron chi connectivity index (χ4n) is 4.54. The summed E-state index contributed by atoms with van der Waals surface area (Å²) in [5.74, 6) is -1.87. The van der Waals surface area contributed by atoms with Crippen LogP contribution in [0.15, 0.2) is 61.2 Å². The molecular formula is C26H28N2O6. The molecule has 8 nitrogen and oxygen atoms in total. The average molecular weight is 465 g/mol. The summed E-state index contributed by atoms with van der Waals surface area (Å²) in [6.07, 6.45) is 1.77. The van der Waals surface area contributed by atoms with Crippen molar-refractivity contribution in [2.75, 3.05) is 19.8 Å². The minimum Gasteiger partial charge on any atom is -0.479 e. The zero-order valence-corrected chi connectivity index (χ0v) is 18.8. The highest BCUT2D eigenvalue weighted by Gasteiger charge is 2.45. The lowest BCUT2D eigenvalue weighted by Crippen LogP contribution is -2.59. The monoisotopic (exact) mass is 464 g/mol. The van der Waals surface area contributed by atoms with Gasteiger partial charge < -0.3 is 25.2 Å². The minimum absolute atomic E-state index is 0.107. The van der Waals surface area contributed by atoms with Gasteiger partial charge in [-0.15, -0.1) is 6.58 Å². The van der Waals surface area contributed by atoms with E-state index in [2.05, 4.69) is 29.3 Å². The van der Waals surface area contributed by atoms with Crippen LogP contribution in [0.1, 0.15) is 36.3 Å². The molecule has 1 aliphatic heterocycles. The molecule has 2 aliphatic rings. The van der Waals surface area contributed by atoms with E-state index in [4.69, 9.17) is 9.47 Å². The normalized spacial score (nSPS) is 19.5. The SMILES string of the molecule is C=CCCC(NC(=O)OCC1c2ccccc2-c2ccccc21)C(=O)NC1(C(=O)O)CCOC1. The highest BCUT2D eigenvalue weighted by Crippen LogP contribution is 2.44. The lowest BCUT2D eigenvalue weighted by molar-refractivity contribution is -0.148. The molecule has 2 atom stereocenters. The number of fused-ring (bicyclic) bond motifs is 3. The maximum absolute atomic E-state index is 12.9. The molecule has 2 amide bonds. The van der Waals surface area contributed by atoms with E-state index in [9.17, 15) is 19.5 Å². The second-order valence-corrected chi connectivity index (χ2v) is 8.57. The number of ether oxygens (including phenoxy) is 2. The van der Waals surface area contributed by atoms with Crippen LogP contribution >= 0.6 is 0 Å². The van der Waals surface area contributed by atoms with Gasteiger partial charge >= 0.3 is 12.1 Å². The molecule has 2 unspecified atom stereocenters. The molecule has 1 heterocycles. The Morgan fingerprint density at radius 3 is 2.35 bits per heavy atom. The van der Waals surface area contributed by atoms with E-state index in [-0.39, 0.29) is 38.6 Å². The molecule has 0 radical (unpaired) electrons. The first-order valence-electron chi connectivity index (χ1n) is 11.3. The summed E-state index contributed by atoms with van der Waals surface area (Å²) in [7, 11) is 0. The Balaban J connectivity index is 1.42. The van der Waals surface area contributed by atoms with Crippen molar-refractivity contribution in [2.24, 2.45) is 0 Å². The highest BCUT2D eigenvalue weighted by molar-refractivity contribution is 5.91. The lowest BCUT2D eigenvalue weighted by atomic mass is 9.97. The molecule has 178 valence electrons. The number of alkyl carbamates (subject to hydrolysis) is 1. The van der Waals surface area contributed by atoms with Crippen LogP contribution in [-0.2, 0) is 19.1 Å². The number of benzene rings is 2. The first-order valence-corrected chi connectivity index (χ1v) is 11.3. The molecule has 2 aromatic carbocycles. The van der Waals surface area contributed by atoms with E-state index in [1.807, 2.05) is 36.4 Å². The van der Waals surface area contributed by atoms with Gasteiger partial charge in [0.2, 0.25) is 5.91 Å². The fraction of sp³-hybridized carbons (Fsp3) is 0.346. The van der Waals surface area contributed by atoms with Crippen LogP contribution in [0.3, 0.4) is 0 Å². The van der Waals surface area contributed by atoms with Crippen LogP contribution in [0.2, 0.25) is 0 Å². The zero-order chi connectivity index (χ0) is 24.1. The average Bonchev–Trinajstić information content (AvgIpc) is 3.44. The van der Waals surface area contributed by atoms with Crippen LogP contribution in [0.5, 0.6) is 0 Å². The summed E-state index contributed by atoms with van der Waals surface area (Å²) < 4.78 is 10.7.